The van der Waals surface area contributed by atoms with Crippen LogP contribution < -0.4 is 0 Å². The fourth-order valence-corrected chi connectivity index (χ4v) is 3.17. The average molecular weight is 345 g/mol. The standard InChI is InChI=1S/C16H17NO3.C3H8.C2H6/c18-13-6-7-14(15(19)9-13)17-10-12(8-16(17)20)11-4-2-1-3-5-11;1-3-2;1-2/h1-5,12,14H,6-10H2;3H2,1-2H3;1-2H3. The van der Waals surface area contributed by atoms with Crippen LogP contribution in [0.15, 0.2) is 30.3 Å². The minimum absolute atomic E-state index is 0.00231. The highest BCUT2D eigenvalue weighted by atomic mass is 16.2. The third-order valence-corrected chi connectivity index (χ3v) is 4.25. The number of amides is 1. The van der Waals surface area contributed by atoms with E-state index in [1.807, 2.05) is 44.2 Å². The molecule has 1 amide bonds. The van der Waals surface area contributed by atoms with E-state index >= 15 is 0 Å². The molecule has 1 aliphatic carbocycles. The lowest BCUT2D eigenvalue weighted by Crippen LogP contribution is -2.45. The summed E-state index contributed by atoms with van der Waals surface area (Å²) in [7, 11) is 0. The molecule has 0 N–H and O–H groups in total. The molecule has 1 heterocycles. The Morgan fingerprint density at radius 1 is 1.04 bits per heavy atom. The summed E-state index contributed by atoms with van der Waals surface area (Å²) in [5.74, 6) is 0.0986. The highest BCUT2D eigenvalue weighted by Crippen LogP contribution is 2.31. The zero-order valence-electron chi connectivity index (χ0n) is 16.0. The van der Waals surface area contributed by atoms with Crippen molar-refractivity contribution in [2.24, 2.45) is 0 Å². The maximum Gasteiger partial charge on any atom is 0.223 e. The first-order valence-electron chi connectivity index (χ1n) is 9.45. The Balaban J connectivity index is 0.000000567. The van der Waals surface area contributed by atoms with Crippen LogP contribution in [0.25, 0.3) is 0 Å². The molecule has 4 heteroatoms. The van der Waals surface area contributed by atoms with E-state index in [1.165, 1.54) is 6.42 Å². The van der Waals surface area contributed by atoms with Gasteiger partial charge >= 0.3 is 0 Å². The molecule has 4 nitrogen and oxygen atoms in total. The van der Waals surface area contributed by atoms with Crippen molar-refractivity contribution in [3.63, 3.8) is 0 Å². The predicted molar refractivity (Wildman–Crippen MR) is 100 cm³/mol. The Morgan fingerprint density at radius 2 is 1.64 bits per heavy atom. The van der Waals surface area contributed by atoms with Crippen LogP contribution in [0, 0.1) is 0 Å². The number of carbonyl (C=O) groups excluding carboxylic acids is 3. The highest BCUT2D eigenvalue weighted by Gasteiger charge is 2.40. The van der Waals surface area contributed by atoms with E-state index < -0.39 is 0 Å². The summed E-state index contributed by atoms with van der Waals surface area (Å²) in [6, 6.07) is 9.55. The molecule has 1 saturated heterocycles. The van der Waals surface area contributed by atoms with Crippen molar-refractivity contribution in [1.29, 1.82) is 0 Å². The highest BCUT2D eigenvalue weighted by molar-refractivity contribution is 6.05. The van der Waals surface area contributed by atoms with Gasteiger partial charge in [-0.1, -0.05) is 64.4 Å². The van der Waals surface area contributed by atoms with Gasteiger partial charge in [0.1, 0.15) is 5.78 Å². The van der Waals surface area contributed by atoms with Gasteiger partial charge in [-0.15, -0.1) is 0 Å². The van der Waals surface area contributed by atoms with Gasteiger partial charge in [0.2, 0.25) is 5.91 Å². The minimum atomic E-state index is -0.381. The zero-order chi connectivity index (χ0) is 18.8. The summed E-state index contributed by atoms with van der Waals surface area (Å²) in [5.41, 5.74) is 1.14. The largest absolute Gasteiger partial charge is 0.332 e. The van der Waals surface area contributed by atoms with Gasteiger partial charge in [-0.25, -0.2) is 0 Å². The molecule has 2 fully saturated rings. The van der Waals surface area contributed by atoms with Gasteiger partial charge < -0.3 is 4.90 Å². The van der Waals surface area contributed by atoms with Crippen molar-refractivity contribution in [2.45, 2.75) is 71.8 Å². The Labute approximate surface area is 151 Å². The van der Waals surface area contributed by atoms with Gasteiger partial charge in [0, 0.05) is 25.3 Å². The van der Waals surface area contributed by atoms with Gasteiger partial charge in [0.25, 0.3) is 0 Å². The second-order valence-corrected chi connectivity index (χ2v) is 6.30. The van der Waals surface area contributed by atoms with E-state index in [0.29, 0.717) is 25.8 Å². The van der Waals surface area contributed by atoms with Crippen LogP contribution in [0.5, 0.6) is 0 Å². The van der Waals surface area contributed by atoms with Gasteiger partial charge in [-0.3, -0.25) is 14.4 Å². The molecule has 25 heavy (non-hydrogen) atoms. The van der Waals surface area contributed by atoms with Gasteiger partial charge in [0.15, 0.2) is 5.78 Å². The van der Waals surface area contributed by atoms with Crippen molar-refractivity contribution in [1.82, 2.24) is 4.90 Å². The fourth-order valence-electron chi connectivity index (χ4n) is 3.17. The van der Waals surface area contributed by atoms with E-state index in [2.05, 4.69) is 13.8 Å². The molecule has 2 aliphatic rings. The Morgan fingerprint density at radius 3 is 2.20 bits per heavy atom. The second kappa shape index (κ2) is 10.8. The number of nitrogens with zero attached hydrogens (tertiary/aromatic N) is 1. The van der Waals surface area contributed by atoms with Crippen molar-refractivity contribution >= 4 is 17.5 Å². The van der Waals surface area contributed by atoms with E-state index in [4.69, 9.17) is 0 Å². The third kappa shape index (κ3) is 5.80. The van der Waals surface area contributed by atoms with E-state index in [-0.39, 0.29) is 35.9 Å². The number of benzene rings is 1. The molecule has 0 radical (unpaired) electrons. The lowest BCUT2D eigenvalue weighted by Gasteiger charge is -2.29. The van der Waals surface area contributed by atoms with Crippen molar-refractivity contribution in [3.8, 4) is 0 Å². The normalized spacial score (nSPS) is 22.7. The minimum Gasteiger partial charge on any atom is -0.332 e. The first-order chi connectivity index (χ1) is 12.1. The molecule has 0 bridgehead atoms. The van der Waals surface area contributed by atoms with Crippen LogP contribution in [0.2, 0.25) is 0 Å². The quantitative estimate of drug-likeness (QED) is 0.757. The molecule has 1 aliphatic heterocycles. The summed E-state index contributed by atoms with van der Waals surface area (Å²) < 4.78 is 0. The number of hydrogen-bond donors (Lipinski definition) is 0. The molecule has 0 spiro atoms. The molecule has 1 aromatic rings. The summed E-state index contributed by atoms with van der Waals surface area (Å²) >= 11 is 0. The van der Waals surface area contributed by atoms with Gasteiger partial charge in [-0.2, -0.15) is 0 Å². The van der Waals surface area contributed by atoms with Crippen molar-refractivity contribution in [3.05, 3.63) is 35.9 Å². The molecule has 138 valence electrons. The molecule has 1 saturated carbocycles. The lowest BCUT2D eigenvalue weighted by molar-refractivity contribution is -0.141. The van der Waals surface area contributed by atoms with Crippen molar-refractivity contribution in [2.75, 3.05) is 6.54 Å². The Kier molecular flexibility index (Phi) is 9.11. The lowest BCUT2D eigenvalue weighted by atomic mass is 9.92. The molecule has 2 atom stereocenters. The predicted octanol–water partition coefficient (Wildman–Crippen LogP) is 4.14. The summed E-state index contributed by atoms with van der Waals surface area (Å²) in [6.45, 7) is 8.84. The van der Waals surface area contributed by atoms with E-state index in [0.717, 1.165) is 5.56 Å². The zero-order valence-corrected chi connectivity index (χ0v) is 16.0. The molecule has 2 unspecified atom stereocenters. The Hall–Kier alpha value is -1.97. The molecule has 0 aromatic heterocycles. The second-order valence-electron chi connectivity index (χ2n) is 6.30. The van der Waals surface area contributed by atoms with Crippen LogP contribution in [0.1, 0.15) is 71.3 Å². The number of hydrogen-bond acceptors (Lipinski definition) is 3. The summed E-state index contributed by atoms with van der Waals surface area (Å²) in [4.78, 5) is 37.1. The fraction of sp³-hybridized carbons (Fsp3) is 0.571. The van der Waals surface area contributed by atoms with E-state index in [1.54, 1.807) is 4.90 Å². The summed E-state index contributed by atoms with van der Waals surface area (Å²) in [6.07, 6.45) is 2.60. The first kappa shape index (κ1) is 21.1. The maximum absolute atomic E-state index is 12.2. The molecule has 3 rings (SSSR count). The van der Waals surface area contributed by atoms with Gasteiger partial charge in [0.05, 0.1) is 12.5 Å². The number of ketones is 2. The van der Waals surface area contributed by atoms with Crippen LogP contribution in [-0.2, 0) is 14.4 Å². The monoisotopic (exact) mass is 345 g/mol. The third-order valence-electron chi connectivity index (χ3n) is 4.25. The van der Waals surface area contributed by atoms with E-state index in [9.17, 15) is 14.4 Å². The van der Waals surface area contributed by atoms with Crippen LogP contribution in [-0.4, -0.2) is 35.0 Å². The van der Waals surface area contributed by atoms with Crippen LogP contribution in [0.4, 0.5) is 0 Å². The smallest absolute Gasteiger partial charge is 0.223 e. The van der Waals surface area contributed by atoms with Crippen LogP contribution >= 0.6 is 0 Å². The SMILES string of the molecule is CC.CCC.O=C1CCC(N2CC(c3ccccc3)CC2=O)C(=O)C1. The van der Waals surface area contributed by atoms with Crippen LogP contribution in [0.3, 0.4) is 0 Å². The average Bonchev–Trinajstić information content (AvgIpc) is 3.00. The maximum atomic E-state index is 12.2. The molecular formula is C21H31NO3. The number of likely N-dealkylation sites (tertiary alicyclic amines) is 1. The topological polar surface area (TPSA) is 54.5 Å². The number of Topliss-reactive ketones (excluding diaryl/α,β-unsaturated/α-hetero) is 2. The number of carbonyl (C=O) groups is 3. The van der Waals surface area contributed by atoms with Gasteiger partial charge in [-0.05, 0) is 12.0 Å². The first-order valence-corrected chi connectivity index (χ1v) is 9.45. The number of rotatable bonds is 2. The van der Waals surface area contributed by atoms with Crippen molar-refractivity contribution < 1.29 is 14.4 Å². The molecule has 1 aromatic carbocycles. The molecular weight excluding hydrogens is 314 g/mol. The Bertz CT molecular complexity index is 568. The summed E-state index contributed by atoms with van der Waals surface area (Å²) in [5, 5.41) is 0.